The highest BCUT2D eigenvalue weighted by Crippen LogP contribution is 2.52. The van der Waals surface area contributed by atoms with Crippen LogP contribution < -0.4 is 5.73 Å². The van der Waals surface area contributed by atoms with Crippen molar-refractivity contribution < 1.29 is 14.3 Å². The summed E-state index contributed by atoms with van der Waals surface area (Å²) in [4.78, 5) is 28.7. The maximum atomic E-state index is 14.3. The van der Waals surface area contributed by atoms with Crippen LogP contribution in [0.1, 0.15) is 79.9 Å². The second kappa shape index (κ2) is 16.4. The van der Waals surface area contributed by atoms with Crippen molar-refractivity contribution in [2.24, 2.45) is 26.5 Å². The Kier molecular flexibility index (Phi) is 12.9. The Morgan fingerprint density at radius 2 is 1.83 bits per heavy atom. The Bertz CT molecular complexity index is 1410. The van der Waals surface area contributed by atoms with E-state index in [1.54, 1.807) is 13.2 Å². The number of aryl methyl sites for hydroxylation is 2. The molecule has 2 fully saturated rings. The number of benzene rings is 2. The number of rotatable bonds is 13. The monoisotopic (exact) mass is 661 g/mol. The number of nitrogens with zero attached hydrogens (tertiary/aromatic N) is 4. The van der Waals surface area contributed by atoms with Crippen LogP contribution in [0.5, 0.6) is 0 Å². The molecule has 47 heavy (non-hydrogen) atoms. The van der Waals surface area contributed by atoms with Gasteiger partial charge in [-0.2, -0.15) is 0 Å². The number of guanidine groups is 1. The summed E-state index contributed by atoms with van der Waals surface area (Å²) in [5, 5.41) is 0. The number of piperidine rings is 1. The first-order valence-corrected chi connectivity index (χ1v) is 17.3. The number of ether oxygens (including phenoxy) is 2. The molecule has 1 amide bonds. The number of carbonyl (C=O) groups excluding carboxylic acids is 1. The third kappa shape index (κ3) is 10.0. The predicted octanol–water partition coefficient (Wildman–Crippen LogP) is 6.69. The first-order valence-electron chi connectivity index (χ1n) is 16.8. The summed E-state index contributed by atoms with van der Waals surface area (Å²) in [6, 6.07) is 13.7. The van der Waals surface area contributed by atoms with Gasteiger partial charge >= 0.3 is 0 Å². The van der Waals surface area contributed by atoms with Crippen molar-refractivity contribution in [1.29, 1.82) is 0 Å². The molecule has 1 heterocycles. The number of hydrogen-bond donors (Lipinski definition) is 2. The van der Waals surface area contributed by atoms with Gasteiger partial charge in [-0.1, -0.05) is 51.6 Å². The van der Waals surface area contributed by atoms with Gasteiger partial charge in [0.05, 0.1) is 25.0 Å². The van der Waals surface area contributed by atoms with Crippen molar-refractivity contribution in [3.8, 4) is 0 Å². The van der Waals surface area contributed by atoms with Gasteiger partial charge in [0.15, 0.2) is 0 Å². The summed E-state index contributed by atoms with van der Waals surface area (Å²) in [5.74, 6) is 0.166. The fraction of sp³-hybridized carbons (Fsp3) is 0.553. The second-order valence-electron chi connectivity index (χ2n) is 14.6. The smallest absolute Gasteiger partial charge is 0.254 e. The molecule has 1 aliphatic carbocycles. The highest BCUT2D eigenvalue weighted by Gasteiger charge is 2.50. The van der Waals surface area contributed by atoms with E-state index >= 15 is 0 Å². The van der Waals surface area contributed by atoms with Crippen molar-refractivity contribution in [2.75, 3.05) is 46.7 Å². The molecule has 0 bridgehead atoms. The maximum Gasteiger partial charge on any atom is 0.254 e. The van der Waals surface area contributed by atoms with Crippen molar-refractivity contribution in [3.63, 3.8) is 0 Å². The lowest BCUT2D eigenvalue weighted by molar-refractivity contribution is -0.0625. The van der Waals surface area contributed by atoms with E-state index in [2.05, 4.69) is 59.8 Å². The Labute approximate surface area is 287 Å². The van der Waals surface area contributed by atoms with Gasteiger partial charge in [0.1, 0.15) is 6.73 Å². The van der Waals surface area contributed by atoms with Crippen LogP contribution in [0, 0.1) is 24.7 Å². The highest BCUT2D eigenvalue weighted by molar-refractivity contribution is 7.80. The minimum atomic E-state index is -0.131. The molecule has 1 spiro atoms. The topological polar surface area (TPSA) is 92.8 Å². The van der Waals surface area contributed by atoms with Crippen molar-refractivity contribution in [2.45, 2.75) is 83.7 Å². The maximum absolute atomic E-state index is 14.3. The molecule has 2 aliphatic rings. The van der Waals surface area contributed by atoms with E-state index in [1.165, 1.54) is 0 Å². The SMILES string of the molecule is C=C/C(=N\C(N)=N/COC[C@@H](CC(C)(C)C)N(C(=O)c1cccc(S)c1)C1CC2(CCN(CCOC)CC2)C1)c1c(C)cccc1C. The van der Waals surface area contributed by atoms with Crippen molar-refractivity contribution in [1.82, 2.24) is 9.80 Å². The van der Waals surface area contributed by atoms with E-state index in [0.717, 1.165) is 79.9 Å². The minimum absolute atomic E-state index is 0.0249. The van der Waals surface area contributed by atoms with Crippen LogP contribution in [0.15, 0.2) is 70.0 Å². The predicted molar refractivity (Wildman–Crippen MR) is 196 cm³/mol. The number of methoxy groups -OCH3 is 1. The van der Waals surface area contributed by atoms with Crippen molar-refractivity contribution >= 4 is 30.2 Å². The molecule has 9 heteroatoms. The number of hydrogen-bond acceptors (Lipinski definition) is 6. The zero-order valence-corrected chi connectivity index (χ0v) is 30.2. The lowest BCUT2D eigenvalue weighted by atomic mass is 9.59. The van der Waals surface area contributed by atoms with Crippen LogP contribution in [0.4, 0.5) is 0 Å². The fourth-order valence-corrected chi connectivity index (χ4v) is 7.48. The molecule has 4 rings (SSSR count). The summed E-state index contributed by atoms with van der Waals surface area (Å²) in [7, 11) is 1.76. The zero-order chi connectivity index (χ0) is 34.2. The molecule has 2 aromatic carbocycles. The average Bonchev–Trinajstić information content (AvgIpc) is 3.00. The Balaban J connectivity index is 1.51. The van der Waals surface area contributed by atoms with Crippen LogP contribution in [-0.4, -0.2) is 86.2 Å². The molecule has 0 unspecified atom stereocenters. The van der Waals surface area contributed by atoms with Gasteiger partial charge in [-0.3, -0.25) is 4.79 Å². The molecule has 256 valence electrons. The van der Waals surface area contributed by atoms with E-state index in [4.69, 9.17) is 15.2 Å². The lowest BCUT2D eigenvalue weighted by Crippen LogP contribution is -2.60. The van der Waals surface area contributed by atoms with Gasteiger partial charge in [-0.25, -0.2) is 9.98 Å². The number of aliphatic imine (C=N–C) groups is 2. The Hall–Kier alpha value is -2.98. The number of nitrogens with two attached hydrogens (primary N) is 1. The number of likely N-dealkylation sites (tertiary alicyclic amines) is 1. The van der Waals surface area contributed by atoms with Gasteiger partial charge in [-0.05, 0) is 105 Å². The first kappa shape index (κ1) is 36.8. The van der Waals surface area contributed by atoms with E-state index in [1.807, 2.05) is 56.3 Å². The Morgan fingerprint density at radius 1 is 1.17 bits per heavy atom. The number of amides is 1. The second-order valence-corrected chi connectivity index (χ2v) is 15.1. The average molecular weight is 662 g/mol. The molecule has 1 saturated carbocycles. The largest absolute Gasteiger partial charge is 0.383 e. The molecule has 0 radical (unpaired) electrons. The molecular formula is C38H55N5O3S. The Morgan fingerprint density at radius 3 is 2.43 bits per heavy atom. The third-order valence-corrected chi connectivity index (χ3v) is 9.90. The van der Waals surface area contributed by atoms with E-state index in [9.17, 15) is 4.79 Å². The van der Waals surface area contributed by atoms with Crippen LogP contribution in [-0.2, 0) is 9.47 Å². The normalized spacial score (nSPS) is 18.2. The number of thiol groups is 1. The molecule has 2 N–H and O–H groups in total. The molecule has 8 nitrogen and oxygen atoms in total. The lowest BCUT2D eigenvalue weighted by Gasteiger charge is -2.56. The van der Waals surface area contributed by atoms with Crippen LogP contribution in [0.2, 0.25) is 0 Å². The van der Waals surface area contributed by atoms with Crippen LogP contribution >= 0.6 is 12.6 Å². The highest BCUT2D eigenvalue weighted by atomic mass is 32.1. The van der Waals surface area contributed by atoms with Crippen LogP contribution in [0.3, 0.4) is 0 Å². The first-order chi connectivity index (χ1) is 22.3. The van der Waals surface area contributed by atoms with Gasteiger partial charge in [0.2, 0.25) is 5.96 Å². The van der Waals surface area contributed by atoms with E-state index < -0.39 is 0 Å². The molecular weight excluding hydrogens is 607 g/mol. The minimum Gasteiger partial charge on any atom is -0.383 e. The van der Waals surface area contributed by atoms with Crippen molar-refractivity contribution in [3.05, 3.63) is 77.4 Å². The number of allylic oxidation sites excluding steroid dienone is 1. The van der Waals surface area contributed by atoms with E-state index in [-0.39, 0.29) is 36.1 Å². The molecule has 1 atom stereocenters. The third-order valence-electron chi connectivity index (χ3n) is 9.62. The molecule has 1 aliphatic heterocycles. The fourth-order valence-electron chi connectivity index (χ4n) is 7.26. The summed E-state index contributed by atoms with van der Waals surface area (Å²) in [6.07, 6.45) is 6.84. The van der Waals surface area contributed by atoms with Gasteiger partial charge in [-0.15, -0.1) is 12.6 Å². The van der Waals surface area contributed by atoms with Crippen LogP contribution in [0.25, 0.3) is 0 Å². The summed E-state index contributed by atoms with van der Waals surface area (Å²) < 4.78 is 11.5. The standard InChI is InChI=1S/C38H55N5O3S/c1-8-33(34-27(2)11-9-12-28(34)3)41-36(39)40-26-46-25-31(22-37(4,5)6)43(35(44)29-13-10-14-32(47)21-29)30-23-38(24-30)15-17-42(18-16-38)19-20-45-7/h8-14,21,30-31,47H,1,15-20,22-26H2,2-7H3,(H2,39,40)/b41-33+/t31-/m1/s1. The molecule has 0 aromatic heterocycles. The van der Waals surface area contributed by atoms with Gasteiger partial charge in [0, 0.05) is 35.7 Å². The number of carbonyl (C=O) groups is 1. The van der Waals surface area contributed by atoms with Gasteiger partial charge in [0.25, 0.3) is 5.91 Å². The quantitative estimate of drug-likeness (QED) is 0.108. The zero-order valence-electron chi connectivity index (χ0n) is 29.3. The molecule has 1 saturated heterocycles. The molecule has 2 aromatic rings. The summed E-state index contributed by atoms with van der Waals surface area (Å²) in [5.41, 5.74) is 11.1. The van der Waals surface area contributed by atoms with Gasteiger partial charge < -0.3 is 25.0 Å². The summed E-state index contributed by atoms with van der Waals surface area (Å²) >= 11 is 4.54. The summed E-state index contributed by atoms with van der Waals surface area (Å²) in [6.45, 7) is 19.0. The van der Waals surface area contributed by atoms with E-state index in [0.29, 0.717) is 23.3 Å².